The fourth-order valence-corrected chi connectivity index (χ4v) is 2.94. The molecule has 1 atom stereocenters. The van der Waals surface area contributed by atoms with Crippen LogP contribution in [0, 0.1) is 10.1 Å². The summed E-state index contributed by atoms with van der Waals surface area (Å²) in [5.74, 6) is 0. The molecule has 1 saturated heterocycles. The zero-order valence-electron chi connectivity index (χ0n) is 10.7. The number of likely N-dealkylation sites (tertiary alicyclic amines) is 1. The Labute approximate surface area is 121 Å². The van der Waals surface area contributed by atoms with Crippen LogP contribution in [0.4, 0.5) is 5.69 Å². The zero-order valence-corrected chi connectivity index (χ0v) is 12.3. The molecule has 6 heteroatoms. The molecule has 1 aromatic carbocycles. The molecule has 1 unspecified atom stereocenters. The molecule has 1 fully saturated rings. The van der Waals surface area contributed by atoms with Gasteiger partial charge in [-0.2, -0.15) is 0 Å². The molecule has 1 aliphatic rings. The van der Waals surface area contributed by atoms with Gasteiger partial charge in [0.05, 0.1) is 4.92 Å². The average Bonchev–Trinajstić information content (AvgIpc) is 2.41. The van der Waals surface area contributed by atoms with Gasteiger partial charge in [-0.15, -0.1) is 0 Å². The summed E-state index contributed by atoms with van der Waals surface area (Å²) >= 11 is 3.28. The van der Waals surface area contributed by atoms with Gasteiger partial charge in [0.2, 0.25) is 0 Å². The Balaban J connectivity index is 2.20. The van der Waals surface area contributed by atoms with Gasteiger partial charge < -0.3 is 5.73 Å². The lowest BCUT2D eigenvalue weighted by atomic mass is 10.0. The molecule has 2 rings (SSSR count). The van der Waals surface area contributed by atoms with Crippen LogP contribution in [0.3, 0.4) is 0 Å². The Kier molecular flexibility index (Phi) is 4.90. The van der Waals surface area contributed by atoms with E-state index in [1.54, 1.807) is 6.07 Å². The molecule has 1 aliphatic heterocycles. The molecule has 0 bridgehead atoms. The fraction of sp³-hybridized carbons (Fsp3) is 0.538. The number of hydrogen-bond acceptors (Lipinski definition) is 4. The highest BCUT2D eigenvalue weighted by Gasteiger charge is 2.24. The van der Waals surface area contributed by atoms with Gasteiger partial charge in [0.1, 0.15) is 0 Å². The van der Waals surface area contributed by atoms with E-state index in [0.717, 1.165) is 29.4 Å². The molecular weight excluding hydrogens is 310 g/mol. The molecule has 104 valence electrons. The van der Waals surface area contributed by atoms with Crippen molar-refractivity contribution in [3.05, 3.63) is 38.3 Å². The van der Waals surface area contributed by atoms with Crippen molar-refractivity contribution < 1.29 is 4.92 Å². The summed E-state index contributed by atoms with van der Waals surface area (Å²) in [6.45, 7) is 2.19. The highest BCUT2D eigenvalue weighted by molar-refractivity contribution is 9.10. The third-order valence-corrected chi connectivity index (χ3v) is 4.13. The van der Waals surface area contributed by atoms with Gasteiger partial charge >= 0.3 is 0 Å². The van der Waals surface area contributed by atoms with Crippen LogP contribution in [0.5, 0.6) is 0 Å². The monoisotopic (exact) mass is 327 g/mol. The first-order chi connectivity index (χ1) is 9.11. The summed E-state index contributed by atoms with van der Waals surface area (Å²) in [7, 11) is 0. The van der Waals surface area contributed by atoms with E-state index in [1.807, 2.05) is 12.1 Å². The minimum Gasteiger partial charge on any atom is -0.329 e. The lowest BCUT2D eigenvalue weighted by Gasteiger charge is -2.34. The molecule has 5 nitrogen and oxygen atoms in total. The quantitative estimate of drug-likeness (QED) is 0.681. The van der Waals surface area contributed by atoms with Crippen molar-refractivity contribution in [2.75, 3.05) is 13.1 Å². The summed E-state index contributed by atoms with van der Waals surface area (Å²) in [5.41, 5.74) is 6.72. The number of nitrogens with zero attached hydrogens (tertiary/aromatic N) is 2. The zero-order chi connectivity index (χ0) is 13.8. The van der Waals surface area contributed by atoms with Crippen molar-refractivity contribution in [3.63, 3.8) is 0 Å². The second-order valence-corrected chi connectivity index (χ2v) is 5.80. The van der Waals surface area contributed by atoms with Gasteiger partial charge in [-0.1, -0.05) is 22.4 Å². The van der Waals surface area contributed by atoms with E-state index >= 15 is 0 Å². The molecule has 2 N–H and O–H groups in total. The lowest BCUT2D eigenvalue weighted by Crippen LogP contribution is -2.43. The van der Waals surface area contributed by atoms with Crippen LogP contribution >= 0.6 is 15.9 Å². The summed E-state index contributed by atoms with van der Waals surface area (Å²) in [6.07, 6.45) is 3.42. The van der Waals surface area contributed by atoms with Crippen molar-refractivity contribution in [1.82, 2.24) is 4.90 Å². The third-order valence-electron chi connectivity index (χ3n) is 3.64. The van der Waals surface area contributed by atoms with E-state index < -0.39 is 0 Å². The maximum absolute atomic E-state index is 11.1. The maximum atomic E-state index is 11.1. The molecule has 0 spiro atoms. The maximum Gasteiger partial charge on any atom is 0.275 e. The molecule has 1 heterocycles. The van der Waals surface area contributed by atoms with Crippen LogP contribution < -0.4 is 5.73 Å². The lowest BCUT2D eigenvalue weighted by molar-refractivity contribution is -0.385. The number of piperidine rings is 1. The second-order valence-electron chi connectivity index (χ2n) is 4.89. The van der Waals surface area contributed by atoms with E-state index in [1.165, 1.54) is 6.42 Å². The predicted octanol–water partition coefficient (Wildman–Crippen LogP) is 2.67. The Morgan fingerprint density at radius 2 is 2.26 bits per heavy atom. The SMILES string of the molecule is NCC1CCCCN1Cc1ccc(Br)cc1[N+](=O)[O-]. The molecular formula is C13H18BrN3O2. The Morgan fingerprint density at radius 1 is 1.47 bits per heavy atom. The minimum absolute atomic E-state index is 0.177. The van der Waals surface area contributed by atoms with Crippen LogP contribution in [-0.4, -0.2) is 29.0 Å². The summed E-state index contributed by atoms with van der Waals surface area (Å²) in [4.78, 5) is 13.1. The number of hydrogen-bond donors (Lipinski definition) is 1. The van der Waals surface area contributed by atoms with Crippen LogP contribution in [0.15, 0.2) is 22.7 Å². The van der Waals surface area contributed by atoms with Gasteiger partial charge in [-0.25, -0.2) is 0 Å². The van der Waals surface area contributed by atoms with E-state index in [-0.39, 0.29) is 10.6 Å². The topological polar surface area (TPSA) is 72.4 Å². The van der Waals surface area contributed by atoms with Crippen molar-refractivity contribution in [1.29, 1.82) is 0 Å². The van der Waals surface area contributed by atoms with Crippen molar-refractivity contribution in [2.45, 2.75) is 31.8 Å². The number of benzene rings is 1. The highest BCUT2D eigenvalue weighted by atomic mass is 79.9. The van der Waals surface area contributed by atoms with Gasteiger partial charge in [0.25, 0.3) is 5.69 Å². The summed E-state index contributed by atoms with van der Waals surface area (Å²) in [6, 6.07) is 5.59. The summed E-state index contributed by atoms with van der Waals surface area (Å²) in [5, 5.41) is 11.1. The number of halogens is 1. The molecule has 19 heavy (non-hydrogen) atoms. The van der Waals surface area contributed by atoms with E-state index in [2.05, 4.69) is 20.8 Å². The van der Waals surface area contributed by atoms with E-state index in [9.17, 15) is 10.1 Å². The molecule has 0 aliphatic carbocycles. The Hall–Kier alpha value is -0.980. The molecule has 0 aromatic heterocycles. The van der Waals surface area contributed by atoms with Crippen LogP contribution in [-0.2, 0) is 6.54 Å². The molecule has 0 saturated carbocycles. The Bertz CT molecular complexity index is 467. The van der Waals surface area contributed by atoms with Crippen molar-refractivity contribution >= 4 is 21.6 Å². The number of nitro groups is 1. The normalized spacial score (nSPS) is 20.4. The standard InChI is InChI=1S/C13H18BrN3O2/c14-11-5-4-10(13(7-11)17(18)19)9-16-6-2-1-3-12(16)8-15/h4-5,7,12H,1-3,6,8-9,15H2. The number of rotatable bonds is 4. The first kappa shape index (κ1) is 14.4. The van der Waals surface area contributed by atoms with Crippen LogP contribution in [0.1, 0.15) is 24.8 Å². The Morgan fingerprint density at radius 3 is 2.95 bits per heavy atom. The minimum atomic E-state index is -0.318. The molecule has 0 amide bonds. The average molecular weight is 328 g/mol. The van der Waals surface area contributed by atoms with Gasteiger partial charge in [-0.05, 0) is 31.5 Å². The van der Waals surface area contributed by atoms with E-state index in [0.29, 0.717) is 19.1 Å². The predicted molar refractivity (Wildman–Crippen MR) is 77.9 cm³/mol. The van der Waals surface area contributed by atoms with Gasteiger partial charge in [0.15, 0.2) is 0 Å². The molecule has 1 aromatic rings. The van der Waals surface area contributed by atoms with Gasteiger partial charge in [-0.3, -0.25) is 15.0 Å². The first-order valence-electron chi connectivity index (χ1n) is 6.48. The molecule has 0 radical (unpaired) electrons. The van der Waals surface area contributed by atoms with Crippen LogP contribution in [0.2, 0.25) is 0 Å². The second kappa shape index (κ2) is 6.45. The number of nitrogens with two attached hydrogens (primary N) is 1. The van der Waals surface area contributed by atoms with Crippen molar-refractivity contribution in [3.8, 4) is 0 Å². The largest absolute Gasteiger partial charge is 0.329 e. The van der Waals surface area contributed by atoms with E-state index in [4.69, 9.17) is 5.73 Å². The van der Waals surface area contributed by atoms with Gasteiger partial charge in [0, 0.05) is 35.2 Å². The van der Waals surface area contributed by atoms with Crippen molar-refractivity contribution in [2.24, 2.45) is 5.73 Å². The smallest absolute Gasteiger partial charge is 0.275 e. The van der Waals surface area contributed by atoms with Crippen LogP contribution in [0.25, 0.3) is 0 Å². The first-order valence-corrected chi connectivity index (χ1v) is 7.28. The highest BCUT2D eigenvalue weighted by Crippen LogP contribution is 2.27. The number of nitro benzene ring substituents is 1. The summed E-state index contributed by atoms with van der Waals surface area (Å²) < 4.78 is 0.733. The fourth-order valence-electron chi connectivity index (χ4n) is 2.59. The third kappa shape index (κ3) is 3.52.